The maximum absolute atomic E-state index is 12.3. The summed E-state index contributed by atoms with van der Waals surface area (Å²) in [6.07, 6.45) is 4.98. The minimum absolute atomic E-state index is 0.0825. The van der Waals surface area contributed by atoms with Crippen molar-refractivity contribution in [2.45, 2.75) is 19.1 Å². The third kappa shape index (κ3) is 3.50. The normalized spacial score (nSPS) is 16.9. The van der Waals surface area contributed by atoms with Gasteiger partial charge >= 0.3 is 0 Å². The average molecular weight is 331 g/mol. The smallest absolute Gasteiger partial charge is 0.278 e. The van der Waals surface area contributed by atoms with E-state index in [2.05, 4.69) is 15.1 Å². The molecule has 0 aromatic carbocycles. The van der Waals surface area contributed by atoms with Crippen molar-refractivity contribution in [3.05, 3.63) is 41.1 Å². The number of likely N-dealkylation sites (tertiary alicyclic amines) is 1. The van der Waals surface area contributed by atoms with Gasteiger partial charge in [-0.05, 0) is 6.07 Å². The second-order valence-corrected chi connectivity index (χ2v) is 5.26. The van der Waals surface area contributed by atoms with Crippen molar-refractivity contribution in [1.29, 1.82) is 0 Å². The Morgan fingerprint density at radius 3 is 2.83 bits per heavy atom. The van der Waals surface area contributed by atoms with E-state index in [9.17, 15) is 9.59 Å². The molecule has 2 aromatic heterocycles. The molecule has 1 amide bonds. The first-order valence-electron chi connectivity index (χ1n) is 7.49. The van der Waals surface area contributed by atoms with Crippen LogP contribution >= 0.6 is 0 Å². The molecule has 9 nitrogen and oxygen atoms in total. The molecule has 0 bridgehead atoms. The molecule has 1 aliphatic heterocycles. The van der Waals surface area contributed by atoms with Crippen LogP contribution in [0.15, 0.2) is 35.5 Å². The maximum Gasteiger partial charge on any atom is 0.278 e. The number of hydrogen-bond acceptors (Lipinski definition) is 7. The molecule has 0 N–H and O–H groups in total. The summed E-state index contributed by atoms with van der Waals surface area (Å²) in [4.78, 5) is 33.7. The summed E-state index contributed by atoms with van der Waals surface area (Å²) in [5.74, 6) is 0.440. The number of rotatable bonds is 5. The quantitative estimate of drug-likeness (QED) is 0.743. The van der Waals surface area contributed by atoms with Gasteiger partial charge in [-0.3, -0.25) is 9.59 Å². The van der Waals surface area contributed by atoms with Gasteiger partial charge < -0.3 is 14.4 Å². The third-order valence-electron chi connectivity index (χ3n) is 3.67. The molecule has 9 heteroatoms. The molecule has 1 atom stereocenters. The van der Waals surface area contributed by atoms with Crippen molar-refractivity contribution in [3.8, 4) is 11.8 Å². The van der Waals surface area contributed by atoms with Crippen molar-refractivity contribution in [2.24, 2.45) is 0 Å². The Bertz CT molecular complexity index is 778. The molecular formula is C15H17N5O4. The first-order chi connectivity index (χ1) is 11.7. The molecule has 1 aliphatic rings. The highest BCUT2D eigenvalue weighted by molar-refractivity contribution is 5.76. The Balaban J connectivity index is 1.60. The number of amides is 1. The highest BCUT2D eigenvalue weighted by Crippen LogP contribution is 2.23. The van der Waals surface area contributed by atoms with E-state index < -0.39 is 0 Å². The van der Waals surface area contributed by atoms with E-state index in [0.717, 1.165) is 4.68 Å². The fourth-order valence-corrected chi connectivity index (χ4v) is 2.48. The molecule has 126 valence electrons. The summed E-state index contributed by atoms with van der Waals surface area (Å²) in [6, 6.07) is 2.91. The lowest BCUT2D eigenvalue weighted by Gasteiger charge is -2.17. The number of hydrogen-bond donors (Lipinski definition) is 0. The lowest BCUT2D eigenvalue weighted by atomic mass is 10.3. The lowest BCUT2D eigenvalue weighted by molar-refractivity contribution is -0.131. The monoisotopic (exact) mass is 331 g/mol. The van der Waals surface area contributed by atoms with Gasteiger partial charge in [-0.1, -0.05) is 0 Å². The molecule has 0 aliphatic carbocycles. The molecule has 3 heterocycles. The molecule has 24 heavy (non-hydrogen) atoms. The Morgan fingerprint density at radius 2 is 2.08 bits per heavy atom. The molecule has 1 saturated heterocycles. The number of aromatic nitrogens is 4. The van der Waals surface area contributed by atoms with Crippen LogP contribution < -0.4 is 15.0 Å². The molecule has 0 unspecified atom stereocenters. The standard InChI is InChI=1S/C15H17N5O4/c1-23-14-15(17-7-6-16-14)24-11-4-8-19(9-11)13(22)10-20-12(21)3-2-5-18-20/h2-3,5-7,11H,4,8-10H2,1H3/t11-/m1/s1. The fourth-order valence-electron chi connectivity index (χ4n) is 2.48. The predicted octanol–water partition coefficient (Wildman–Crippen LogP) is -0.278. The second-order valence-electron chi connectivity index (χ2n) is 5.26. The number of nitrogens with zero attached hydrogens (tertiary/aromatic N) is 5. The summed E-state index contributed by atoms with van der Waals surface area (Å²) in [5.41, 5.74) is -0.304. The predicted molar refractivity (Wildman–Crippen MR) is 82.7 cm³/mol. The summed E-state index contributed by atoms with van der Waals surface area (Å²) < 4.78 is 12.0. The van der Waals surface area contributed by atoms with Gasteiger partial charge in [0.2, 0.25) is 5.91 Å². The SMILES string of the molecule is COc1nccnc1O[C@@H]1CCN(C(=O)Cn2ncccc2=O)C1. The van der Waals surface area contributed by atoms with Crippen molar-refractivity contribution in [2.75, 3.05) is 20.2 Å². The maximum atomic E-state index is 12.3. The van der Waals surface area contributed by atoms with Crippen molar-refractivity contribution in [1.82, 2.24) is 24.6 Å². The van der Waals surface area contributed by atoms with Crippen LogP contribution in [0, 0.1) is 0 Å². The van der Waals surface area contributed by atoms with Crippen molar-refractivity contribution >= 4 is 5.91 Å². The van der Waals surface area contributed by atoms with Crippen LogP contribution in [0.4, 0.5) is 0 Å². The molecule has 3 rings (SSSR count). The van der Waals surface area contributed by atoms with E-state index in [4.69, 9.17) is 9.47 Å². The van der Waals surface area contributed by atoms with Gasteiger partial charge in [0, 0.05) is 37.6 Å². The van der Waals surface area contributed by atoms with Crippen LogP contribution in [0.25, 0.3) is 0 Å². The van der Waals surface area contributed by atoms with E-state index in [1.54, 1.807) is 4.90 Å². The molecule has 0 saturated carbocycles. The van der Waals surface area contributed by atoms with Crippen molar-refractivity contribution in [3.63, 3.8) is 0 Å². The Kier molecular flexibility index (Phi) is 4.69. The van der Waals surface area contributed by atoms with E-state index in [-0.39, 0.29) is 24.1 Å². The summed E-state index contributed by atoms with van der Waals surface area (Å²) in [6.45, 7) is 0.884. The third-order valence-corrected chi connectivity index (χ3v) is 3.67. The van der Waals surface area contributed by atoms with Gasteiger partial charge in [0.1, 0.15) is 12.6 Å². The molecule has 2 aromatic rings. The first-order valence-corrected chi connectivity index (χ1v) is 7.49. The van der Waals surface area contributed by atoms with Gasteiger partial charge in [0.15, 0.2) is 0 Å². The van der Waals surface area contributed by atoms with Gasteiger partial charge in [0.05, 0.1) is 13.7 Å². The largest absolute Gasteiger partial charge is 0.477 e. The highest BCUT2D eigenvalue weighted by Gasteiger charge is 2.29. The second kappa shape index (κ2) is 7.07. The molecule has 0 spiro atoms. The van der Waals surface area contributed by atoms with Crippen LogP contribution in [0.5, 0.6) is 11.8 Å². The highest BCUT2D eigenvalue weighted by atomic mass is 16.5. The van der Waals surface area contributed by atoms with Crippen LogP contribution in [0.2, 0.25) is 0 Å². The Morgan fingerprint density at radius 1 is 1.29 bits per heavy atom. The topological polar surface area (TPSA) is 99.4 Å². The first kappa shape index (κ1) is 15.9. The number of ether oxygens (including phenoxy) is 2. The summed E-state index contributed by atoms with van der Waals surface area (Å²) in [7, 11) is 1.49. The zero-order chi connectivity index (χ0) is 16.9. The van der Waals surface area contributed by atoms with Crippen LogP contribution in [-0.4, -0.2) is 56.9 Å². The van der Waals surface area contributed by atoms with Crippen molar-refractivity contribution < 1.29 is 14.3 Å². The summed E-state index contributed by atoms with van der Waals surface area (Å²) >= 11 is 0. The number of methoxy groups -OCH3 is 1. The minimum Gasteiger partial charge on any atom is -0.477 e. The zero-order valence-corrected chi connectivity index (χ0v) is 13.2. The Labute approximate surface area is 137 Å². The van der Waals surface area contributed by atoms with E-state index in [1.807, 2.05) is 0 Å². The summed E-state index contributed by atoms with van der Waals surface area (Å²) in [5, 5.41) is 3.89. The average Bonchev–Trinajstić information content (AvgIpc) is 3.06. The fraction of sp³-hybridized carbons (Fsp3) is 0.400. The molecular weight excluding hydrogens is 314 g/mol. The zero-order valence-electron chi connectivity index (χ0n) is 13.2. The van der Waals surface area contributed by atoms with Crippen LogP contribution in [0.1, 0.15) is 6.42 Å². The van der Waals surface area contributed by atoms with E-state index in [0.29, 0.717) is 31.3 Å². The molecule has 0 radical (unpaired) electrons. The van der Waals surface area contributed by atoms with Crippen LogP contribution in [0.3, 0.4) is 0 Å². The van der Waals surface area contributed by atoms with Gasteiger partial charge in [0.25, 0.3) is 17.3 Å². The molecule has 1 fully saturated rings. The van der Waals surface area contributed by atoms with Gasteiger partial charge in [-0.2, -0.15) is 5.10 Å². The van der Waals surface area contributed by atoms with E-state index in [1.165, 1.54) is 37.8 Å². The van der Waals surface area contributed by atoms with Gasteiger partial charge in [-0.15, -0.1) is 0 Å². The number of carbonyl (C=O) groups is 1. The lowest BCUT2D eigenvalue weighted by Crippen LogP contribution is -2.36. The number of carbonyl (C=O) groups excluding carboxylic acids is 1. The van der Waals surface area contributed by atoms with Crippen LogP contribution in [-0.2, 0) is 11.3 Å². The van der Waals surface area contributed by atoms with Gasteiger partial charge in [-0.25, -0.2) is 14.6 Å². The van der Waals surface area contributed by atoms with E-state index >= 15 is 0 Å². The minimum atomic E-state index is -0.304. The Hall–Kier alpha value is -2.97.